The molecule has 1 heterocycles. The molecule has 3 N–H and O–H groups in total. The summed E-state index contributed by atoms with van der Waals surface area (Å²) in [6.07, 6.45) is 2.90. The van der Waals surface area contributed by atoms with E-state index in [4.69, 9.17) is 5.73 Å². The Balaban J connectivity index is 2.50. The van der Waals surface area contributed by atoms with Gasteiger partial charge in [-0.05, 0) is 30.7 Å². The minimum absolute atomic E-state index is 0.112. The van der Waals surface area contributed by atoms with Crippen LogP contribution in [0.1, 0.15) is 5.56 Å². The number of benzene rings is 1. The van der Waals surface area contributed by atoms with E-state index in [9.17, 15) is 18.5 Å². The van der Waals surface area contributed by atoms with E-state index in [0.29, 0.717) is 11.3 Å². The van der Waals surface area contributed by atoms with Crippen LogP contribution in [0.4, 0.5) is 17.1 Å². The van der Waals surface area contributed by atoms with Crippen molar-refractivity contribution < 1.29 is 13.3 Å². The molecule has 0 aliphatic carbocycles. The van der Waals surface area contributed by atoms with Gasteiger partial charge in [0.1, 0.15) is 0 Å². The molecule has 110 valence electrons. The van der Waals surface area contributed by atoms with Gasteiger partial charge in [-0.15, -0.1) is 0 Å². The van der Waals surface area contributed by atoms with Crippen LogP contribution in [0.5, 0.6) is 0 Å². The third kappa shape index (κ3) is 3.08. The third-order valence-electron chi connectivity index (χ3n) is 2.73. The van der Waals surface area contributed by atoms with Crippen molar-refractivity contribution in [1.82, 2.24) is 4.98 Å². The molecule has 0 fully saturated rings. The number of aryl methyl sites for hydroxylation is 1. The third-order valence-corrected chi connectivity index (χ3v) is 4.15. The van der Waals surface area contributed by atoms with Gasteiger partial charge in [-0.2, -0.15) is 0 Å². The van der Waals surface area contributed by atoms with Gasteiger partial charge in [-0.1, -0.05) is 0 Å². The molecule has 0 radical (unpaired) electrons. The highest BCUT2D eigenvalue weighted by molar-refractivity contribution is 7.92. The van der Waals surface area contributed by atoms with Crippen LogP contribution in [-0.2, 0) is 10.0 Å². The van der Waals surface area contributed by atoms with Gasteiger partial charge < -0.3 is 5.73 Å². The average Bonchev–Trinajstić information content (AvgIpc) is 2.40. The normalized spacial score (nSPS) is 11.1. The SMILES string of the molecule is Cc1cnccc1NS(=O)(=O)c1ccc(N)cc1[N+](=O)[O-]. The van der Waals surface area contributed by atoms with Crippen molar-refractivity contribution in [3.63, 3.8) is 0 Å². The van der Waals surface area contributed by atoms with Crippen molar-refractivity contribution in [2.75, 3.05) is 10.5 Å². The molecule has 9 heteroatoms. The Morgan fingerprint density at radius 3 is 2.67 bits per heavy atom. The second-order valence-electron chi connectivity index (χ2n) is 4.28. The number of nitrogens with one attached hydrogen (secondary N) is 1. The Bertz CT molecular complexity index is 805. The van der Waals surface area contributed by atoms with E-state index < -0.39 is 25.5 Å². The van der Waals surface area contributed by atoms with Gasteiger partial charge in [0.15, 0.2) is 4.90 Å². The fraction of sp³-hybridized carbons (Fsp3) is 0.0833. The molecule has 2 aromatic rings. The van der Waals surface area contributed by atoms with Crippen LogP contribution in [-0.4, -0.2) is 18.3 Å². The molecule has 21 heavy (non-hydrogen) atoms. The van der Waals surface area contributed by atoms with Gasteiger partial charge in [0.25, 0.3) is 15.7 Å². The second kappa shape index (κ2) is 5.37. The number of sulfonamides is 1. The van der Waals surface area contributed by atoms with Gasteiger partial charge in [-0.3, -0.25) is 19.8 Å². The standard InChI is InChI=1S/C12H12N4O4S/c1-8-7-14-5-4-10(8)15-21(19,20)12-3-2-9(13)6-11(12)16(17)18/h2-7H,13H2,1H3,(H,14,15). The molecule has 8 nitrogen and oxygen atoms in total. The predicted molar refractivity (Wildman–Crippen MR) is 77.3 cm³/mol. The zero-order valence-corrected chi connectivity index (χ0v) is 11.8. The molecule has 2 rings (SSSR count). The fourth-order valence-electron chi connectivity index (χ4n) is 1.69. The number of rotatable bonds is 4. The number of aromatic nitrogens is 1. The predicted octanol–water partition coefficient (Wildman–Crippen LogP) is 1.68. The number of nitrogens with two attached hydrogens (primary N) is 1. The van der Waals surface area contributed by atoms with Crippen molar-refractivity contribution in [1.29, 1.82) is 0 Å². The molecule has 0 aliphatic rings. The summed E-state index contributed by atoms with van der Waals surface area (Å²) in [5, 5.41) is 11.0. The quantitative estimate of drug-likeness (QED) is 0.502. The van der Waals surface area contributed by atoms with Gasteiger partial charge in [0.2, 0.25) is 0 Å². The molecule has 1 aromatic carbocycles. The Morgan fingerprint density at radius 1 is 1.33 bits per heavy atom. The molecule has 1 aromatic heterocycles. The first-order valence-corrected chi connectivity index (χ1v) is 7.27. The van der Waals surface area contributed by atoms with Crippen LogP contribution in [0.15, 0.2) is 41.6 Å². The van der Waals surface area contributed by atoms with Gasteiger partial charge in [0, 0.05) is 24.1 Å². The summed E-state index contributed by atoms with van der Waals surface area (Å²) in [5.41, 5.74) is 5.89. The van der Waals surface area contributed by atoms with Crippen molar-refractivity contribution in [3.05, 3.63) is 52.3 Å². The molecule has 0 saturated carbocycles. The van der Waals surface area contributed by atoms with Crippen LogP contribution in [0, 0.1) is 17.0 Å². The van der Waals surface area contributed by atoms with Crippen LogP contribution in [0.2, 0.25) is 0 Å². The van der Waals surface area contributed by atoms with Crippen molar-refractivity contribution in [3.8, 4) is 0 Å². The van der Waals surface area contributed by atoms with E-state index in [-0.39, 0.29) is 5.69 Å². The molecule has 0 spiro atoms. The topological polar surface area (TPSA) is 128 Å². The summed E-state index contributed by atoms with van der Waals surface area (Å²) in [5.74, 6) is 0. The monoisotopic (exact) mass is 308 g/mol. The smallest absolute Gasteiger partial charge is 0.291 e. The minimum Gasteiger partial charge on any atom is -0.399 e. The van der Waals surface area contributed by atoms with Gasteiger partial charge in [-0.25, -0.2) is 8.42 Å². The van der Waals surface area contributed by atoms with Gasteiger partial charge in [0.05, 0.1) is 10.6 Å². The highest BCUT2D eigenvalue weighted by atomic mass is 32.2. The van der Waals surface area contributed by atoms with E-state index in [1.165, 1.54) is 24.5 Å². The fourth-order valence-corrected chi connectivity index (χ4v) is 2.98. The molecule has 0 bridgehead atoms. The molecule has 0 aliphatic heterocycles. The number of anilines is 2. The lowest BCUT2D eigenvalue weighted by Crippen LogP contribution is -2.15. The van der Waals surface area contributed by atoms with E-state index in [1.807, 2.05) is 0 Å². The number of hydrogen-bond acceptors (Lipinski definition) is 6. The molecular formula is C12H12N4O4S. The van der Waals surface area contributed by atoms with Crippen LogP contribution >= 0.6 is 0 Å². The lowest BCUT2D eigenvalue weighted by Gasteiger charge is -2.10. The first kappa shape index (κ1) is 14.7. The summed E-state index contributed by atoms with van der Waals surface area (Å²) in [6.45, 7) is 1.67. The molecule has 0 atom stereocenters. The summed E-state index contributed by atoms with van der Waals surface area (Å²) in [7, 11) is -4.10. The van der Waals surface area contributed by atoms with Crippen LogP contribution in [0.3, 0.4) is 0 Å². The van der Waals surface area contributed by atoms with Crippen LogP contribution in [0.25, 0.3) is 0 Å². The minimum atomic E-state index is -4.10. The van der Waals surface area contributed by atoms with Crippen LogP contribution < -0.4 is 10.5 Å². The molecular weight excluding hydrogens is 296 g/mol. The van der Waals surface area contributed by atoms with E-state index in [2.05, 4.69) is 9.71 Å². The zero-order valence-electron chi connectivity index (χ0n) is 11.0. The average molecular weight is 308 g/mol. The summed E-state index contributed by atoms with van der Waals surface area (Å²) < 4.78 is 26.9. The van der Waals surface area contributed by atoms with Gasteiger partial charge >= 0.3 is 0 Å². The molecule has 0 saturated heterocycles. The molecule has 0 amide bonds. The maximum atomic E-state index is 12.3. The first-order chi connectivity index (χ1) is 9.81. The number of hydrogen-bond donors (Lipinski definition) is 2. The maximum absolute atomic E-state index is 12.3. The van der Waals surface area contributed by atoms with E-state index in [1.54, 1.807) is 6.92 Å². The van der Waals surface area contributed by atoms with Crippen molar-refractivity contribution in [2.24, 2.45) is 0 Å². The largest absolute Gasteiger partial charge is 0.399 e. The molecule has 0 unspecified atom stereocenters. The Labute approximate surface area is 120 Å². The van der Waals surface area contributed by atoms with Crippen molar-refractivity contribution in [2.45, 2.75) is 11.8 Å². The first-order valence-electron chi connectivity index (χ1n) is 5.78. The summed E-state index contributed by atoms with van der Waals surface area (Å²) in [6, 6.07) is 4.87. The Kier molecular flexibility index (Phi) is 3.76. The Hall–Kier alpha value is -2.68. The number of nitro benzene ring substituents is 1. The number of nitro groups is 1. The van der Waals surface area contributed by atoms with E-state index in [0.717, 1.165) is 12.1 Å². The maximum Gasteiger partial charge on any atom is 0.291 e. The number of pyridine rings is 1. The number of nitrogen functional groups attached to an aromatic ring is 1. The summed E-state index contributed by atoms with van der Waals surface area (Å²) in [4.78, 5) is 13.6. The lowest BCUT2D eigenvalue weighted by molar-refractivity contribution is -0.387. The zero-order chi connectivity index (χ0) is 15.6. The highest BCUT2D eigenvalue weighted by Gasteiger charge is 2.26. The summed E-state index contributed by atoms with van der Waals surface area (Å²) >= 11 is 0. The number of nitrogens with zero attached hydrogens (tertiary/aromatic N) is 2. The second-order valence-corrected chi connectivity index (χ2v) is 5.93. The lowest BCUT2D eigenvalue weighted by atomic mass is 10.3. The van der Waals surface area contributed by atoms with Crippen molar-refractivity contribution >= 4 is 27.1 Å². The van der Waals surface area contributed by atoms with E-state index >= 15 is 0 Å². The highest BCUT2D eigenvalue weighted by Crippen LogP contribution is 2.28. The Morgan fingerprint density at radius 2 is 2.05 bits per heavy atom.